The molecule has 3 heteroatoms. The van der Waals surface area contributed by atoms with Gasteiger partial charge in [-0.05, 0) is 54.9 Å². The van der Waals surface area contributed by atoms with Gasteiger partial charge in [0.1, 0.15) is 6.10 Å². The molecule has 3 aliphatic rings. The smallest absolute Gasteiger partial charge is 0.308 e. The Morgan fingerprint density at radius 1 is 1.27 bits per heavy atom. The average molecular weight is 304 g/mol. The van der Waals surface area contributed by atoms with Crippen LogP contribution in [-0.4, -0.2) is 23.3 Å². The highest BCUT2D eigenvalue weighted by molar-refractivity contribution is 5.70. The number of ether oxygens (including phenoxy) is 1. The van der Waals surface area contributed by atoms with Gasteiger partial charge in [-0.3, -0.25) is 4.79 Å². The fraction of sp³-hybridized carbons (Fsp3) is 0.737. The van der Waals surface area contributed by atoms with E-state index in [-0.39, 0.29) is 18.5 Å². The van der Waals surface area contributed by atoms with Crippen LogP contribution in [0.15, 0.2) is 23.8 Å². The van der Waals surface area contributed by atoms with Gasteiger partial charge in [-0.1, -0.05) is 32.1 Å². The minimum Gasteiger partial charge on any atom is -0.462 e. The maximum absolute atomic E-state index is 11.5. The van der Waals surface area contributed by atoms with E-state index in [2.05, 4.69) is 32.1 Å². The number of aliphatic hydroxyl groups is 1. The van der Waals surface area contributed by atoms with Crippen LogP contribution in [0.2, 0.25) is 0 Å². The molecule has 3 nitrogen and oxygen atoms in total. The molecule has 3 rings (SSSR count). The zero-order valence-corrected chi connectivity index (χ0v) is 13.7. The van der Waals surface area contributed by atoms with Crippen molar-refractivity contribution in [1.29, 1.82) is 0 Å². The average Bonchev–Trinajstić information content (AvgIpc) is 2.45. The Balaban J connectivity index is 1.63. The number of fused-ring (bicyclic) bond motifs is 1. The van der Waals surface area contributed by atoms with Gasteiger partial charge in [-0.25, -0.2) is 0 Å². The van der Waals surface area contributed by atoms with Gasteiger partial charge in [-0.15, -0.1) is 0 Å². The van der Waals surface area contributed by atoms with Crippen LogP contribution in [0.5, 0.6) is 0 Å². The highest BCUT2D eigenvalue weighted by Crippen LogP contribution is 2.43. The lowest BCUT2D eigenvalue weighted by atomic mass is 9.66. The molecule has 1 saturated heterocycles. The van der Waals surface area contributed by atoms with Gasteiger partial charge in [0.15, 0.2) is 0 Å². The van der Waals surface area contributed by atoms with E-state index in [4.69, 9.17) is 4.74 Å². The van der Waals surface area contributed by atoms with Gasteiger partial charge in [-0.2, -0.15) is 0 Å². The number of carbonyl (C=O) groups excluding carboxylic acids is 1. The third-order valence-corrected chi connectivity index (χ3v) is 5.68. The summed E-state index contributed by atoms with van der Waals surface area (Å²) >= 11 is 0. The second kappa shape index (κ2) is 6.57. The summed E-state index contributed by atoms with van der Waals surface area (Å²) in [6.45, 7) is 4.60. The second-order valence-electron chi connectivity index (χ2n) is 7.49. The van der Waals surface area contributed by atoms with Crippen LogP contribution < -0.4 is 0 Å². The first-order valence-corrected chi connectivity index (χ1v) is 8.80. The minimum atomic E-state index is -0.513. The monoisotopic (exact) mass is 304 g/mol. The molecular formula is C19H28O3. The van der Waals surface area contributed by atoms with E-state index in [1.807, 2.05) is 0 Å². The molecule has 0 aromatic heterocycles. The van der Waals surface area contributed by atoms with E-state index in [1.54, 1.807) is 0 Å². The van der Waals surface area contributed by atoms with Crippen LogP contribution in [0, 0.1) is 23.7 Å². The molecule has 1 unspecified atom stereocenters. The first-order chi connectivity index (χ1) is 10.5. The molecule has 0 aromatic carbocycles. The maximum Gasteiger partial charge on any atom is 0.308 e. The summed E-state index contributed by atoms with van der Waals surface area (Å²) in [5.74, 6) is 2.34. The van der Waals surface area contributed by atoms with Crippen molar-refractivity contribution >= 4 is 5.97 Å². The summed E-state index contributed by atoms with van der Waals surface area (Å²) < 4.78 is 5.40. The Hall–Kier alpha value is -1.09. The summed E-state index contributed by atoms with van der Waals surface area (Å²) in [4.78, 5) is 11.5. The predicted octanol–water partition coefficient (Wildman–Crippen LogP) is 3.63. The second-order valence-corrected chi connectivity index (χ2v) is 7.49. The molecule has 1 aliphatic heterocycles. The Bertz CT molecular complexity index is 479. The molecule has 0 saturated carbocycles. The van der Waals surface area contributed by atoms with Crippen molar-refractivity contribution in [3.8, 4) is 0 Å². The van der Waals surface area contributed by atoms with Crippen molar-refractivity contribution in [2.24, 2.45) is 23.7 Å². The lowest BCUT2D eigenvalue weighted by Crippen LogP contribution is -2.34. The lowest BCUT2D eigenvalue weighted by Gasteiger charge is -2.39. The number of cyclic esters (lactones) is 1. The Labute approximate surface area is 133 Å². The Kier molecular flexibility index (Phi) is 4.72. The molecule has 0 bridgehead atoms. The van der Waals surface area contributed by atoms with E-state index in [0.29, 0.717) is 30.1 Å². The summed E-state index contributed by atoms with van der Waals surface area (Å²) in [5, 5.41) is 9.73. The Morgan fingerprint density at radius 3 is 2.86 bits per heavy atom. The van der Waals surface area contributed by atoms with Crippen LogP contribution >= 0.6 is 0 Å². The van der Waals surface area contributed by atoms with Crippen molar-refractivity contribution in [2.45, 2.75) is 64.6 Å². The molecule has 0 amide bonds. The fourth-order valence-electron chi connectivity index (χ4n) is 4.44. The number of rotatable bonds is 3. The zero-order chi connectivity index (χ0) is 15.7. The standard InChI is InChI=1S/C19H28O3/c1-12-3-7-18-14(9-12)5-4-13(2)17(18)8-6-16-10-15(20)11-19(21)22-16/h4-5,9,12-13,15-18,20H,3,6-8,10-11H2,1-2H3/t12-,13?,15-,16-,17+,18+/m1/s1. The van der Waals surface area contributed by atoms with Crippen LogP contribution in [0.4, 0.5) is 0 Å². The third kappa shape index (κ3) is 3.45. The van der Waals surface area contributed by atoms with Crippen molar-refractivity contribution in [3.63, 3.8) is 0 Å². The van der Waals surface area contributed by atoms with Gasteiger partial charge in [0.25, 0.3) is 0 Å². The molecule has 22 heavy (non-hydrogen) atoms. The fourth-order valence-corrected chi connectivity index (χ4v) is 4.44. The van der Waals surface area contributed by atoms with Gasteiger partial charge in [0.2, 0.25) is 0 Å². The van der Waals surface area contributed by atoms with Crippen molar-refractivity contribution < 1.29 is 14.6 Å². The SMILES string of the molecule is CC1C=CC2=C[C@H](C)CC[C@@H]2[C@H]1CC[C@@H]1C[C@@H](O)CC(=O)O1. The van der Waals surface area contributed by atoms with Crippen LogP contribution in [-0.2, 0) is 9.53 Å². The molecule has 1 heterocycles. The number of allylic oxidation sites excluding steroid dienone is 4. The third-order valence-electron chi connectivity index (χ3n) is 5.68. The molecule has 0 spiro atoms. The summed E-state index contributed by atoms with van der Waals surface area (Å²) in [7, 11) is 0. The number of hydrogen-bond acceptors (Lipinski definition) is 3. The number of carbonyl (C=O) groups is 1. The predicted molar refractivity (Wildman–Crippen MR) is 86.1 cm³/mol. The number of esters is 1. The van der Waals surface area contributed by atoms with Crippen LogP contribution in [0.3, 0.4) is 0 Å². The van der Waals surface area contributed by atoms with E-state index in [0.717, 1.165) is 12.8 Å². The molecule has 0 aromatic rings. The quantitative estimate of drug-likeness (QED) is 0.810. The number of hydrogen-bond donors (Lipinski definition) is 1. The maximum atomic E-state index is 11.5. The van der Waals surface area contributed by atoms with E-state index < -0.39 is 6.10 Å². The summed E-state index contributed by atoms with van der Waals surface area (Å²) in [5.41, 5.74) is 1.52. The Morgan fingerprint density at radius 2 is 2.09 bits per heavy atom. The molecule has 6 atom stereocenters. The topological polar surface area (TPSA) is 46.5 Å². The van der Waals surface area contributed by atoms with Crippen LogP contribution in [0.25, 0.3) is 0 Å². The largest absolute Gasteiger partial charge is 0.462 e. The van der Waals surface area contributed by atoms with Crippen LogP contribution in [0.1, 0.15) is 52.4 Å². The highest BCUT2D eigenvalue weighted by atomic mass is 16.5. The van der Waals surface area contributed by atoms with E-state index >= 15 is 0 Å². The van der Waals surface area contributed by atoms with Gasteiger partial charge in [0.05, 0.1) is 12.5 Å². The first-order valence-electron chi connectivity index (χ1n) is 8.80. The van der Waals surface area contributed by atoms with Gasteiger partial charge >= 0.3 is 5.97 Å². The lowest BCUT2D eigenvalue weighted by molar-refractivity contribution is -0.160. The normalized spacial score (nSPS) is 41.6. The molecule has 1 fully saturated rings. The first kappa shape index (κ1) is 15.8. The summed E-state index contributed by atoms with van der Waals surface area (Å²) in [6, 6.07) is 0. The van der Waals surface area contributed by atoms with Crippen molar-refractivity contribution in [2.75, 3.05) is 0 Å². The van der Waals surface area contributed by atoms with E-state index in [1.165, 1.54) is 18.4 Å². The number of aliphatic hydroxyl groups excluding tert-OH is 1. The van der Waals surface area contributed by atoms with E-state index in [9.17, 15) is 9.90 Å². The zero-order valence-electron chi connectivity index (χ0n) is 13.7. The van der Waals surface area contributed by atoms with Crippen molar-refractivity contribution in [1.82, 2.24) is 0 Å². The highest BCUT2D eigenvalue weighted by Gasteiger charge is 2.34. The summed E-state index contributed by atoms with van der Waals surface area (Å²) in [6.07, 6.45) is 11.8. The van der Waals surface area contributed by atoms with Crippen molar-refractivity contribution in [3.05, 3.63) is 23.8 Å². The molecule has 0 radical (unpaired) electrons. The molecule has 122 valence electrons. The minimum absolute atomic E-state index is 0.0932. The molecule has 2 aliphatic carbocycles. The van der Waals surface area contributed by atoms with Gasteiger partial charge < -0.3 is 9.84 Å². The molecular weight excluding hydrogens is 276 g/mol. The van der Waals surface area contributed by atoms with Gasteiger partial charge in [0, 0.05) is 6.42 Å². The molecule has 1 N–H and O–H groups in total.